The van der Waals surface area contributed by atoms with Crippen LogP contribution < -0.4 is 11.1 Å². The van der Waals surface area contributed by atoms with Gasteiger partial charge >= 0.3 is 0 Å². The van der Waals surface area contributed by atoms with Crippen molar-refractivity contribution in [2.75, 3.05) is 18.4 Å². The van der Waals surface area contributed by atoms with Crippen LogP contribution in [0.1, 0.15) is 33.8 Å². The summed E-state index contributed by atoms with van der Waals surface area (Å²) < 4.78 is 5.04. The van der Waals surface area contributed by atoms with E-state index < -0.39 is 0 Å². The van der Waals surface area contributed by atoms with Crippen molar-refractivity contribution in [3.05, 3.63) is 54.0 Å². The van der Waals surface area contributed by atoms with Gasteiger partial charge in [0.2, 0.25) is 5.91 Å². The minimum absolute atomic E-state index is 0.128. The van der Waals surface area contributed by atoms with Crippen LogP contribution in [0, 0.1) is 5.92 Å². The molecule has 1 saturated heterocycles. The second-order valence-corrected chi connectivity index (χ2v) is 5.98. The molecule has 7 heteroatoms. The van der Waals surface area contributed by atoms with Crippen LogP contribution in [0.5, 0.6) is 0 Å². The number of amides is 3. The van der Waals surface area contributed by atoms with Crippen molar-refractivity contribution in [3.63, 3.8) is 0 Å². The van der Waals surface area contributed by atoms with E-state index in [2.05, 4.69) is 5.32 Å². The fourth-order valence-electron chi connectivity index (χ4n) is 2.88. The van der Waals surface area contributed by atoms with Crippen LogP contribution >= 0.6 is 0 Å². The molecule has 0 bridgehead atoms. The van der Waals surface area contributed by atoms with Crippen molar-refractivity contribution in [2.45, 2.75) is 12.8 Å². The number of benzene rings is 1. The summed E-state index contributed by atoms with van der Waals surface area (Å²) in [5, 5.41) is 2.70. The quantitative estimate of drug-likeness (QED) is 0.885. The summed E-state index contributed by atoms with van der Waals surface area (Å²) in [4.78, 5) is 37.6. The lowest BCUT2D eigenvalue weighted by molar-refractivity contribution is -0.123. The first kappa shape index (κ1) is 16.8. The van der Waals surface area contributed by atoms with Crippen LogP contribution in [-0.4, -0.2) is 35.7 Å². The van der Waals surface area contributed by atoms with Crippen molar-refractivity contribution in [1.82, 2.24) is 4.90 Å². The molecule has 3 amide bonds. The predicted octanol–water partition coefficient (Wildman–Crippen LogP) is 1.87. The number of hydrogen-bond donors (Lipinski definition) is 2. The Balaban J connectivity index is 1.66. The van der Waals surface area contributed by atoms with Gasteiger partial charge in [-0.3, -0.25) is 14.4 Å². The SMILES string of the molecule is NC(=O)C1CCN(C(=O)c2cccc(NC(=O)c3ccco3)c2)CC1. The van der Waals surface area contributed by atoms with Gasteiger partial charge in [0.15, 0.2) is 5.76 Å². The predicted molar refractivity (Wildman–Crippen MR) is 90.9 cm³/mol. The lowest BCUT2D eigenvalue weighted by Gasteiger charge is -2.30. The lowest BCUT2D eigenvalue weighted by atomic mass is 9.96. The number of likely N-dealkylation sites (tertiary alicyclic amines) is 1. The molecule has 0 spiro atoms. The molecular weight excluding hydrogens is 322 g/mol. The average molecular weight is 341 g/mol. The van der Waals surface area contributed by atoms with Crippen LogP contribution in [0.3, 0.4) is 0 Å². The number of nitrogens with zero attached hydrogens (tertiary/aromatic N) is 1. The van der Waals surface area contributed by atoms with Crippen molar-refractivity contribution in [1.29, 1.82) is 0 Å². The maximum atomic E-state index is 12.6. The summed E-state index contributed by atoms with van der Waals surface area (Å²) in [6.07, 6.45) is 2.58. The van der Waals surface area contributed by atoms with Gasteiger partial charge in [-0.05, 0) is 43.2 Å². The highest BCUT2D eigenvalue weighted by atomic mass is 16.3. The Hall–Kier alpha value is -3.09. The topological polar surface area (TPSA) is 106 Å². The van der Waals surface area contributed by atoms with Crippen molar-refractivity contribution in [2.24, 2.45) is 11.7 Å². The zero-order valence-electron chi connectivity index (χ0n) is 13.6. The van der Waals surface area contributed by atoms with Crippen LogP contribution in [0.25, 0.3) is 0 Å². The molecular formula is C18H19N3O4. The lowest BCUT2D eigenvalue weighted by Crippen LogP contribution is -2.41. The molecule has 1 aliphatic rings. The number of piperidine rings is 1. The molecule has 0 atom stereocenters. The number of nitrogens with one attached hydrogen (secondary N) is 1. The van der Waals surface area contributed by atoms with Crippen LogP contribution in [0.15, 0.2) is 47.1 Å². The third-order valence-corrected chi connectivity index (χ3v) is 4.30. The monoisotopic (exact) mass is 341 g/mol. The molecule has 0 saturated carbocycles. The number of carbonyl (C=O) groups is 3. The van der Waals surface area contributed by atoms with Gasteiger partial charge in [0.25, 0.3) is 11.8 Å². The standard InChI is InChI=1S/C18H19N3O4/c19-16(22)12-6-8-21(9-7-12)18(24)13-3-1-4-14(11-13)20-17(23)15-5-2-10-25-15/h1-5,10-12H,6-9H2,(H2,19,22)(H,20,23). The molecule has 1 aliphatic heterocycles. The van der Waals surface area contributed by atoms with E-state index in [-0.39, 0.29) is 29.4 Å². The van der Waals surface area contributed by atoms with Crippen LogP contribution in [0.4, 0.5) is 5.69 Å². The number of nitrogens with two attached hydrogens (primary N) is 1. The zero-order chi connectivity index (χ0) is 17.8. The van der Waals surface area contributed by atoms with Crippen LogP contribution in [0.2, 0.25) is 0 Å². The Kier molecular flexibility index (Phi) is 4.83. The van der Waals surface area contributed by atoms with Crippen molar-refractivity contribution in [3.8, 4) is 0 Å². The molecule has 3 rings (SSSR count). The van der Waals surface area contributed by atoms with Gasteiger partial charge in [-0.15, -0.1) is 0 Å². The average Bonchev–Trinajstić information content (AvgIpc) is 3.16. The van der Waals surface area contributed by atoms with Gasteiger partial charge in [-0.2, -0.15) is 0 Å². The fourth-order valence-corrected chi connectivity index (χ4v) is 2.88. The highest BCUT2D eigenvalue weighted by Crippen LogP contribution is 2.20. The van der Waals surface area contributed by atoms with Crippen molar-refractivity contribution < 1.29 is 18.8 Å². The van der Waals surface area contributed by atoms with Crippen LogP contribution in [-0.2, 0) is 4.79 Å². The Labute approximate surface area is 144 Å². The van der Waals surface area contributed by atoms with E-state index in [0.717, 1.165) is 0 Å². The molecule has 2 aromatic rings. The normalized spacial score (nSPS) is 15.0. The van der Waals surface area contributed by atoms with E-state index in [1.807, 2.05) is 0 Å². The first-order valence-corrected chi connectivity index (χ1v) is 8.08. The maximum absolute atomic E-state index is 12.6. The highest BCUT2D eigenvalue weighted by molar-refractivity contribution is 6.03. The third kappa shape index (κ3) is 3.88. The minimum atomic E-state index is -0.378. The molecule has 25 heavy (non-hydrogen) atoms. The largest absolute Gasteiger partial charge is 0.459 e. The summed E-state index contributed by atoms with van der Waals surface area (Å²) in [6.45, 7) is 0.991. The summed E-state index contributed by atoms with van der Waals surface area (Å²) in [5.41, 5.74) is 6.31. The number of primary amides is 1. The number of furan rings is 1. The van der Waals surface area contributed by atoms with Gasteiger partial charge in [-0.1, -0.05) is 6.07 Å². The second-order valence-electron chi connectivity index (χ2n) is 5.98. The van der Waals surface area contributed by atoms with Crippen molar-refractivity contribution >= 4 is 23.4 Å². The Morgan fingerprint density at radius 2 is 1.88 bits per heavy atom. The molecule has 130 valence electrons. The van der Waals surface area contributed by atoms with Gasteiger partial charge < -0.3 is 20.4 Å². The molecule has 0 aliphatic carbocycles. The molecule has 1 aromatic heterocycles. The summed E-state index contributed by atoms with van der Waals surface area (Å²) in [7, 11) is 0. The third-order valence-electron chi connectivity index (χ3n) is 4.30. The van der Waals surface area contributed by atoms with Gasteiger partial charge in [0.05, 0.1) is 6.26 Å². The highest BCUT2D eigenvalue weighted by Gasteiger charge is 2.26. The Bertz CT molecular complexity index is 777. The van der Waals surface area contributed by atoms with Gasteiger partial charge in [0, 0.05) is 30.3 Å². The summed E-state index contributed by atoms with van der Waals surface area (Å²) in [5.74, 6) is -0.781. The molecule has 1 fully saturated rings. The molecule has 1 aromatic carbocycles. The summed E-state index contributed by atoms with van der Waals surface area (Å²) in [6, 6.07) is 9.93. The first-order chi connectivity index (χ1) is 12.0. The van der Waals surface area contributed by atoms with E-state index in [1.54, 1.807) is 41.3 Å². The van der Waals surface area contributed by atoms with E-state index in [0.29, 0.717) is 37.2 Å². The summed E-state index contributed by atoms with van der Waals surface area (Å²) >= 11 is 0. The van der Waals surface area contributed by atoms with E-state index in [1.165, 1.54) is 6.26 Å². The smallest absolute Gasteiger partial charge is 0.291 e. The Morgan fingerprint density at radius 1 is 1.12 bits per heavy atom. The molecule has 7 nitrogen and oxygen atoms in total. The molecule has 3 N–H and O–H groups in total. The maximum Gasteiger partial charge on any atom is 0.291 e. The number of hydrogen-bond acceptors (Lipinski definition) is 4. The van der Waals surface area contributed by atoms with E-state index in [9.17, 15) is 14.4 Å². The Morgan fingerprint density at radius 3 is 2.52 bits per heavy atom. The molecule has 0 unspecified atom stereocenters. The second kappa shape index (κ2) is 7.21. The fraction of sp³-hybridized carbons (Fsp3) is 0.278. The van der Waals surface area contributed by atoms with E-state index in [4.69, 9.17) is 10.2 Å². The zero-order valence-corrected chi connectivity index (χ0v) is 13.6. The number of anilines is 1. The number of carbonyl (C=O) groups excluding carboxylic acids is 3. The minimum Gasteiger partial charge on any atom is -0.459 e. The van der Waals surface area contributed by atoms with Gasteiger partial charge in [0.1, 0.15) is 0 Å². The number of rotatable bonds is 4. The molecule has 0 radical (unpaired) electrons. The van der Waals surface area contributed by atoms with E-state index >= 15 is 0 Å². The first-order valence-electron chi connectivity index (χ1n) is 8.08. The molecule has 2 heterocycles. The van der Waals surface area contributed by atoms with Gasteiger partial charge in [-0.25, -0.2) is 0 Å².